The van der Waals surface area contributed by atoms with Crippen LogP contribution in [0.2, 0.25) is 0 Å². The first kappa shape index (κ1) is 16.7. The van der Waals surface area contributed by atoms with E-state index >= 15 is 0 Å². The number of rotatable bonds is 5. The van der Waals surface area contributed by atoms with Gasteiger partial charge in [0.2, 0.25) is 6.08 Å². The van der Waals surface area contributed by atoms with Gasteiger partial charge in [-0.3, -0.25) is 5.32 Å². The monoisotopic (exact) mass is 292 g/mol. The van der Waals surface area contributed by atoms with E-state index in [0.717, 1.165) is 5.56 Å². The first-order valence-corrected chi connectivity index (χ1v) is 6.56. The predicted molar refractivity (Wildman–Crippen MR) is 79.5 cm³/mol. The van der Waals surface area contributed by atoms with Crippen LogP contribution in [0.5, 0.6) is 5.75 Å². The smallest absolute Gasteiger partial charge is 0.412 e. The van der Waals surface area contributed by atoms with E-state index in [-0.39, 0.29) is 0 Å². The third-order valence-electron chi connectivity index (χ3n) is 2.51. The highest BCUT2D eigenvalue weighted by atomic mass is 16.6. The van der Waals surface area contributed by atoms with Crippen LogP contribution < -0.4 is 10.1 Å². The molecule has 1 N–H and O–H groups in total. The van der Waals surface area contributed by atoms with Crippen LogP contribution in [0.15, 0.2) is 23.2 Å². The second-order valence-corrected chi connectivity index (χ2v) is 5.37. The summed E-state index contributed by atoms with van der Waals surface area (Å²) in [4.78, 5) is 25.5. The third kappa shape index (κ3) is 6.10. The number of amides is 1. The summed E-state index contributed by atoms with van der Waals surface area (Å²) in [5.74, 6) is 0.662. The summed E-state index contributed by atoms with van der Waals surface area (Å²) in [7, 11) is 1.56. The largest absolute Gasteiger partial charge is 0.497 e. The molecule has 21 heavy (non-hydrogen) atoms. The van der Waals surface area contributed by atoms with Crippen molar-refractivity contribution in [3.8, 4) is 5.75 Å². The Morgan fingerprint density at radius 3 is 2.67 bits per heavy atom. The van der Waals surface area contributed by atoms with E-state index in [4.69, 9.17) is 9.47 Å². The van der Waals surface area contributed by atoms with Gasteiger partial charge in [-0.05, 0) is 51.0 Å². The van der Waals surface area contributed by atoms with Crippen LogP contribution in [-0.2, 0) is 16.0 Å². The summed E-state index contributed by atoms with van der Waals surface area (Å²) in [6.45, 7) is 5.67. The summed E-state index contributed by atoms with van der Waals surface area (Å²) in [6, 6.07) is 5.24. The molecule has 6 nitrogen and oxygen atoms in total. The molecule has 1 rings (SSSR count). The van der Waals surface area contributed by atoms with Crippen LogP contribution in [0, 0.1) is 0 Å². The number of benzene rings is 1. The van der Waals surface area contributed by atoms with Crippen molar-refractivity contribution in [2.75, 3.05) is 19.0 Å². The SMILES string of the molecule is COc1ccc(NC(=O)OC(C)(C)C)c(CCN=C=O)c1. The maximum atomic E-state index is 11.8. The number of carbonyl (C=O) groups is 1. The molecule has 0 atom stereocenters. The van der Waals surface area contributed by atoms with Crippen LogP contribution in [0.25, 0.3) is 0 Å². The number of hydrogen-bond donors (Lipinski definition) is 1. The van der Waals surface area contributed by atoms with Crippen molar-refractivity contribution in [1.82, 2.24) is 0 Å². The van der Waals surface area contributed by atoms with Gasteiger partial charge in [-0.2, -0.15) is 0 Å². The van der Waals surface area contributed by atoms with Crippen LogP contribution >= 0.6 is 0 Å². The van der Waals surface area contributed by atoms with Gasteiger partial charge in [-0.15, -0.1) is 0 Å². The fraction of sp³-hybridized carbons (Fsp3) is 0.467. The molecule has 0 aromatic heterocycles. The molecule has 1 aromatic carbocycles. The summed E-state index contributed by atoms with van der Waals surface area (Å²) < 4.78 is 10.4. The van der Waals surface area contributed by atoms with Gasteiger partial charge in [-0.1, -0.05) is 0 Å². The number of carbonyl (C=O) groups excluding carboxylic acids is 2. The fourth-order valence-corrected chi connectivity index (χ4v) is 1.66. The predicted octanol–water partition coefficient (Wildman–Crippen LogP) is 2.92. The molecule has 114 valence electrons. The molecule has 0 radical (unpaired) electrons. The van der Waals surface area contributed by atoms with Crippen molar-refractivity contribution in [1.29, 1.82) is 0 Å². The lowest BCUT2D eigenvalue weighted by Gasteiger charge is -2.20. The van der Waals surface area contributed by atoms with E-state index in [9.17, 15) is 9.59 Å². The zero-order valence-electron chi connectivity index (χ0n) is 12.7. The van der Waals surface area contributed by atoms with Crippen molar-refractivity contribution in [2.45, 2.75) is 32.8 Å². The van der Waals surface area contributed by atoms with Gasteiger partial charge in [0.25, 0.3) is 0 Å². The van der Waals surface area contributed by atoms with Crippen molar-refractivity contribution in [2.24, 2.45) is 4.99 Å². The average molecular weight is 292 g/mol. The van der Waals surface area contributed by atoms with E-state index in [1.165, 1.54) is 6.08 Å². The highest BCUT2D eigenvalue weighted by Crippen LogP contribution is 2.23. The van der Waals surface area contributed by atoms with Gasteiger partial charge in [0.05, 0.1) is 13.7 Å². The Morgan fingerprint density at radius 2 is 2.10 bits per heavy atom. The molecule has 0 bridgehead atoms. The van der Waals surface area contributed by atoms with Gasteiger partial charge in [-0.25, -0.2) is 14.6 Å². The number of nitrogens with one attached hydrogen (secondary N) is 1. The number of isocyanates is 1. The molecule has 0 saturated carbocycles. The number of methoxy groups -OCH3 is 1. The number of nitrogens with zero attached hydrogens (tertiary/aromatic N) is 1. The fourth-order valence-electron chi connectivity index (χ4n) is 1.66. The molecule has 0 aliphatic heterocycles. The molecule has 1 amide bonds. The standard InChI is InChI=1S/C15H20N2O4/c1-15(2,3)21-14(19)17-13-6-5-12(20-4)9-11(13)7-8-16-10-18/h5-6,9H,7-8H2,1-4H3,(H,17,19). The second-order valence-electron chi connectivity index (χ2n) is 5.37. The third-order valence-corrected chi connectivity index (χ3v) is 2.51. The normalized spacial score (nSPS) is 10.5. The van der Waals surface area contributed by atoms with Gasteiger partial charge in [0.1, 0.15) is 11.4 Å². The Morgan fingerprint density at radius 1 is 1.38 bits per heavy atom. The zero-order valence-corrected chi connectivity index (χ0v) is 12.7. The number of aliphatic imine (C=N–C) groups is 1. The van der Waals surface area contributed by atoms with Gasteiger partial charge in [0.15, 0.2) is 0 Å². The Bertz CT molecular complexity index is 543. The molecule has 0 unspecified atom stereocenters. The van der Waals surface area contributed by atoms with Crippen molar-refractivity contribution in [3.05, 3.63) is 23.8 Å². The Kier molecular flexibility index (Phi) is 5.93. The minimum absolute atomic E-state index is 0.291. The van der Waals surface area contributed by atoms with Crippen molar-refractivity contribution < 1.29 is 19.1 Å². The van der Waals surface area contributed by atoms with Crippen molar-refractivity contribution in [3.63, 3.8) is 0 Å². The molecular formula is C15H20N2O4. The summed E-state index contributed by atoms with van der Waals surface area (Å²) >= 11 is 0. The highest BCUT2D eigenvalue weighted by molar-refractivity contribution is 5.86. The number of ether oxygens (including phenoxy) is 2. The molecular weight excluding hydrogens is 272 g/mol. The van der Waals surface area contributed by atoms with E-state index in [1.54, 1.807) is 46.1 Å². The lowest BCUT2D eigenvalue weighted by Crippen LogP contribution is -2.27. The minimum Gasteiger partial charge on any atom is -0.497 e. The van der Waals surface area contributed by atoms with Crippen LogP contribution in [-0.4, -0.2) is 31.4 Å². The van der Waals surface area contributed by atoms with Gasteiger partial charge < -0.3 is 9.47 Å². The first-order valence-electron chi connectivity index (χ1n) is 6.56. The molecule has 6 heteroatoms. The molecule has 1 aromatic rings. The quantitative estimate of drug-likeness (QED) is 0.668. The molecule has 0 saturated heterocycles. The highest BCUT2D eigenvalue weighted by Gasteiger charge is 2.17. The Balaban J connectivity index is 2.88. The van der Waals surface area contributed by atoms with E-state index in [2.05, 4.69) is 10.3 Å². The number of anilines is 1. The lowest BCUT2D eigenvalue weighted by atomic mass is 10.1. The van der Waals surface area contributed by atoms with E-state index in [0.29, 0.717) is 24.4 Å². The second kappa shape index (κ2) is 7.45. The minimum atomic E-state index is -0.571. The Labute approximate surface area is 124 Å². The van der Waals surface area contributed by atoms with Crippen LogP contribution in [0.4, 0.5) is 10.5 Å². The van der Waals surface area contributed by atoms with E-state index < -0.39 is 11.7 Å². The lowest BCUT2D eigenvalue weighted by molar-refractivity contribution is 0.0635. The molecule has 0 fully saturated rings. The molecule has 0 aliphatic carbocycles. The van der Waals surface area contributed by atoms with Gasteiger partial charge >= 0.3 is 6.09 Å². The maximum absolute atomic E-state index is 11.8. The topological polar surface area (TPSA) is 77.0 Å². The molecule has 0 heterocycles. The maximum Gasteiger partial charge on any atom is 0.412 e. The summed E-state index contributed by atoms with van der Waals surface area (Å²) in [5, 5.41) is 2.69. The average Bonchev–Trinajstić information content (AvgIpc) is 2.38. The zero-order chi connectivity index (χ0) is 15.9. The van der Waals surface area contributed by atoms with Crippen LogP contribution in [0.1, 0.15) is 26.3 Å². The first-order chi connectivity index (χ1) is 9.85. The Hall–Kier alpha value is -2.33. The number of hydrogen-bond acceptors (Lipinski definition) is 5. The molecule has 0 aliphatic rings. The van der Waals surface area contributed by atoms with Gasteiger partial charge in [0, 0.05) is 5.69 Å². The summed E-state index contributed by atoms with van der Waals surface area (Å²) in [6.07, 6.45) is 1.44. The van der Waals surface area contributed by atoms with E-state index in [1.807, 2.05) is 0 Å². The summed E-state index contributed by atoms with van der Waals surface area (Å²) in [5.41, 5.74) is 0.837. The van der Waals surface area contributed by atoms with Crippen LogP contribution in [0.3, 0.4) is 0 Å². The van der Waals surface area contributed by atoms with Crippen molar-refractivity contribution >= 4 is 17.9 Å². The molecule has 0 spiro atoms.